The van der Waals surface area contributed by atoms with E-state index in [1.165, 1.54) is 5.56 Å². The second kappa shape index (κ2) is 6.53. The molecular weight excluding hydrogens is 372 g/mol. The molecule has 28 heavy (non-hydrogen) atoms. The smallest absolute Gasteiger partial charge is 0.252 e. The normalized spacial score (nSPS) is 16.4. The number of Topliss-reactive ketones (excluding diaryl/α,β-unsaturated/α-hetero) is 1. The molecule has 6 heteroatoms. The van der Waals surface area contributed by atoms with Gasteiger partial charge in [-0.3, -0.25) is 4.79 Å². The van der Waals surface area contributed by atoms with Gasteiger partial charge in [0, 0.05) is 23.2 Å². The number of aromatic nitrogens is 4. The van der Waals surface area contributed by atoms with Crippen molar-refractivity contribution in [2.24, 2.45) is 0 Å². The van der Waals surface area contributed by atoms with E-state index in [4.69, 9.17) is 11.6 Å². The zero-order valence-corrected chi connectivity index (χ0v) is 16.0. The summed E-state index contributed by atoms with van der Waals surface area (Å²) in [5.74, 6) is 1.31. The maximum absolute atomic E-state index is 12.8. The zero-order valence-electron chi connectivity index (χ0n) is 15.3. The van der Waals surface area contributed by atoms with Gasteiger partial charge in [0.2, 0.25) is 0 Å². The number of halogens is 1. The Morgan fingerprint density at radius 2 is 1.75 bits per heavy atom. The molecule has 0 unspecified atom stereocenters. The molecule has 1 atom stereocenters. The summed E-state index contributed by atoms with van der Waals surface area (Å²) in [6.45, 7) is 2.04. The number of ketones is 1. The number of hydrogen-bond acceptors (Lipinski definition) is 4. The predicted molar refractivity (Wildman–Crippen MR) is 108 cm³/mol. The molecule has 5 rings (SSSR count). The Labute approximate surface area is 167 Å². The summed E-state index contributed by atoms with van der Waals surface area (Å²) in [6, 6.07) is 15.7. The van der Waals surface area contributed by atoms with Gasteiger partial charge in [-0.2, -0.15) is 4.98 Å². The van der Waals surface area contributed by atoms with Gasteiger partial charge in [-0.25, -0.2) is 9.50 Å². The van der Waals surface area contributed by atoms with E-state index in [0.717, 1.165) is 16.8 Å². The molecule has 1 aliphatic rings. The van der Waals surface area contributed by atoms with Gasteiger partial charge in [-0.15, -0.1) is 5.10 Å². The van der Waals surface area contributed by atoms with Crippen molar-refractivity contribution < 1.29 is 4.79 Å². The van der Waals surface area contributed by atoms with Crippen molar-refractivity contribution in [2.75, 3.05) is 0 Å². The van der Waals surface area contributed by atoms with Crippen LogP contribution in [0.4, 0.5) is 0 Å². The third-order valence-electron chi connectivity index (χ3n) is 5.23. The summed E-state index contributed by atoms with van der Waals surface area (Å²) in [5, 5.41) is 5.21. The Balaban J connectivity index is 1.53. The minimum absolute atomic E-state index is 0.0861. The van der Waals surface area contributed by atoms with E-state index in [0.29, 0.717) is 35.0 Å². The summed E-state index contributed by atoms with van der Waals surface area (Å²) in [4.78, 5) is 22.0. The molecule has 0 saturated heterocycles. The van der Waals surface area contributed by atoms with Gasteiger partial charge in [0.25, 0.3) is 5.78 Å². The standard InChI is InChI=1S/C22H17ClN4O/c1-13-2-4-15(5-3-13)21-25-22-24-19-10-16(14-6-8-17(23)9-7-14)11-20(28)18(19)12-27(22)26-21/h2-9,12,16H,10-11H2,1H3/t16-/m1/s1. The Kier molecular flexibility index (Phi) is 3.98. The molecule has 5 nitrogen and oxygen atoms in total. The van der Waals surface area contributed by atoms with Crippen molar-refractivity contribution in [3.8, 4) is 11.4 Å². The van der Waals surface area contributed by atoms with Crippen LogP contribution < -0.4 is 0 Å². The second-order valence-electron chi connectivity index (χ2n) is 7.23. The maximum atomic E-state index is 12.8. The van der Waals surface area contributed by atoms with Crippen molar-refractivity contribution in [1.29, 1.82) is 0 Å². The van der Waals surface area contributed by atoms with Crippen LogP contribution in [0.5, 0.6) is 0 Å². The van der Waals surface area contributed by atoms with Gasteiger partial charge in [-0.1, -0.05) is 53.6 Å². The maximum Gasteiger partial charge on any atom is 0.252 e. The number of hydrogen-bond donors (Lipinski definition) is 0. The Morgan fingerprint density at radius 1 is 1.00 bits per heavy atom. The van der Waals surface area contributed by atoms with Crippen LogP contribution in [0, 0.1) is 6.92 Å². The van der Waals surface area contributed by atoms with E-state index in [-0.39, 0.29) is 11.7 Å². The monoisotopic (exact) mass is 388 g/mol. The number of carbonyl (C=O) groups is 1. The molecule has 0 radical (unpaired) electrons. The molecule has 2 heterocycles. The average Bonchev–Trinajstić information content (AvgIpc) is 3.10. The molecule has 0 amide bonds. The molecule has 0 saturated carbocycles. The molecule has 2 aromatic carbocycles. The fourth-order valence-electron chi connectivity index (χ4n) is 3.68. The van der Waals surface area contributed by atoms with E-state index in [2.05, 4.69) is 15.1 Å². The lowest BCUT2D eigenvalue weighted by Gasteiger charge is -2.23. The quantitative estimate of drug-likeness (QED) is 0.500. The number of benzene rings is 2. The van der Waals surface area contributed by atoms with E-state index < -0.39 is 0 Å². The molecule has 1 aliphatic carbocycles. The summed E-state index contributed by atoms with van der Waals surface area (Å²) in [7, 11) is 0. The van der Waals surface area contributed by atoms with Gasteiger partial charge in [0.1, 0.15) is 0 Å². The summed E-state index contributed by atoms with van der Waals surface area (Å²) in [6.07, 6.45) is 2.93. The third kappa shape index (κ3) is 2.98. The molecule has 4 aromatic rings. The molecule has 0 fully saturated rings. The third-order valence-corrected chi connectivity index (χ3v) is 5.49. The molecule has 0 aliphatic heterocycles. The number of nitrogens with zero attached hydrogens (tertiary/aromatic N) is 4. The first-order chi connectivity index (χ1) is 13.6. The molecule has 2 aromatic heterocycles. The molecular formula is C22H17ClN4O. The summed E-state index contributed by atoms with van der Waals surface area (Å²) < 4.78 is 1.61. The van der Waals surface area contributed by atoms with Crippen LogP contribution in [0.2, 0.25) is 5.02 Å². The van der Waals surface area contributed by atoms with E-state index >= 15 is 0 Å². The van der Waals surface area contributed by atoms with E-state index in [1.54, 1.807) is 10.7 Å². The lowest BCUT2D eigenvalue weighted by Crippen LogP contribution is -2.21. The van der Waals surface area contributed by atoms with E-state index in [1.807, 2.05) is 55.5 Å². The van der Waals surface area contributed by atoms with Crippen LogP contribution in [-0.4, -0.2) is 25.4 Å². The van der Waals surface area contributed by atoms with Crippen molar-refractivity contribution in [1.82, 2.24) is 19.6 Å². The average molecular weight is 389 g/mol. The van der Waals surface area contributed by atoms with Crippen LogP contribution in [0.25, 0.3) is 17.2 Å². The highest BCUT2D eigenvalue weighted by atomic mass is 35.5. The van der Waals surface area contributed by atoms with Crippen LogP contribution in [0.3, 0.4) is 0 Å². The van der Waals surface area contributed by atoms with Crippen molar-refractivity contribution in [3.63, 3.8) is 0 Å². The van der Waals surface area contributed by atoms with Gasteiger partial charge < -0.3 is 0 Å². The summed E-state index contributed by atoms with van der Waals surface area (Å²) >= 11 is 5.99. The predicted octanol–water partition coefficient (Wildman–Crippen LogP) is 4.67. The van der Waals surface area contributed by atoms with Gasteiger partial charge >= 0.3 is 0 Å². The van der Waals surface area contributed by atoms with Gasteiger partial charge in [0.15, 0.2) is 11.6 Å². The van der Waals surface area contributed by atoms with Gasteiger partial charge in [-0.05, 0) is 37.0 Å². The highest BCUT2D eigenvalue weighted by Crippen LogP contribution is 2.32. The lowest BCUT2D eigenvalue weighted by atomic mass is 9.82. The second-order valence-corrected chi connectivity index (χ2v) is 7.66. The zero-order chi connectivity index (χ0) is 19.3. The van der Waals surface area contributed by atoms with E-state index in [9.17, 15) is 4.79 Å². The first-order valence-electron chi connectivity index (χ1n) is 9.19. The van der Waals surface area contributed by atoms with Crippen LogP contribution in [-0.2, 0) is 6.42 Å². The fourth-order valence-corrected chi connectivity index (χ4v) is 3.81. The lowest BCUT2D eigenvalue weighted by molar-refractivity contribution is 0.0962. The van der Waals surface area contributed by atoms with Crippen molar-refractivity contribution in [3.05, 3.63) is 82.1 Å². The van der Waals surface area contributed by atoms with Gasteiger partial charge in [0.05, 0.1) is 11.3 Å². The Bertz CT molecular complexity index is 1200. The topological polar surface area (TPSA) is 60.1 Å². The molecule has 0 bridgehead atoms. The summed E-state index contributed by atoms with van der Waals surface area (Å²) in [5.41, 5.74) is 4.64. The van der Waals surface area contributed by atoms with Crippen LogP contribution >= 0.6 is 11.6 Å². The SMILES string of the molecule is Cc1ccc(-c2nc3nc4c(cn3n2)C(=O)C[C@H](c2ccc(Cl)cc2)C4)cc1. The van der Waals surface area contributed by atoms with Crippen molar-refractivity contribution in [2.45, 2.75) is 25.7 Å². The number of rotatable bonds is 2. The highest BCUT2D eigenvalue weighted by Gasteiger charge is 2.28. The van der Waals surface area contributed by atoms with Crippen LogP contribution in [0.1, 0.15) is 39.5 Å². The Morgan fingerprint density at radius 3 is 2.50 bits per heavy atom. The Hall–Kier alpha value is -3.05. The fraction of sp³-hybridized carbons (Fsp3) is 0.182. The number of carbonyl (C=O) groups excluding carboxylic acids is 1. The minimum Gasteiger partial charge on any atom is -0.294 e. The molecule has 138 valence electrons. The largest absolute Gasteiger partial charge is 0.294 e. The number of aryl methyl sites for hydroxylation is 1. The molecule has 0 N–H and O–H groups in total. The minimum atomic E-state index is 0.0861. The number of fused-ring (bicyclic) bond motifs is 2. The highest BCUT2D eigenvalue weighted by molar-refractivity contribution is 6.30. The first kappa shape index (κ1) is 17.1. The first-order valence-corrected chi connectivity index (χ1v) is 9.56. The van der Waals surface area contributed by atoms with Crippen molar-refractivity contribution >= 4 is 23.2 Å². The van der Waals surface area contributed by atoms with Crippen LogP contribution in [0.15, 0.2) is 54.7 Å². The molecule has 0 spiro atoms.